The summed E-state index contributed by atoms with van der Waals surface area (Å²) < 4.78 is 10.8. The molecule has 2 aromatic rings. The van der Waals surface area contributed by atoms with Gasteiger partial charge in [0.05, 0.1) is 18.1 Å². The van der Waals surface area contributed by atoms with Crippen LogP contribution >= 0.6 is 11.8 Å². The lowest BCUT2D eigenvalue weighted by atomic mass is 10.2. The molecule has 118 valence electrons. The summed E-state index contributed by atoms with van der Waals surface area (Å²) in [4.78, 5) is 16.4. The number of methoxy groups -OCH3 is 1. The van der Waals surface area contributed by atoms with Gasteiger partial charge in [0, 0.05) is 12.1 Å². The summed E-state index contributed by atoms with van der Waals surface area (Å²) >= 11 is 1.31. The molecule has 1 aromatic carbocycles. The van der Waals surface area contributed by atoms with Crippen molar-refractivity contribution in [3.8, 4) is 5.75 Å². The first-order valence-electron chi connectivity index (χ1n) is 7.01. The number of para-hydroxylation sites is 1. The van der Waals surface area contributed by atoms with Crippen molar-refractivity contribution in [1.82, 2.24) is 10.3 Å². The summed E-state index contributed by atoms with van der Waals surface area (Å²) in [7, 11) is 1.62. The Morgan fingerprint density at radius 3 is 2.77 bits per heavy atom. The average molecular weight is 320 g/mol. The van der Waals surface area contributed by atoms with E-state index in [0.29, 0.717) is 11.8 Å². The van der Waals surface area contributed by atoms with Gasteiger partial charge in [-0.3, -0.25) is 4.79 Å². The van der Waals surface area contributed by atoms with Crippen molar-refractivity contribution >= 4 is 17.7 Å². The maximum absolute atomic E-state index is 12.2. The number of aryl methyl sites for hydroxylation is 2. The fraction of sp³-hybridized carbons (Fsp3) is 0.375. The second-order valence-corrected chi connectivity index (χ2v) is 6.20. The van der Waals surface area contributed by atoms with Crippen molar-refractivity contribution in [1.29, 1.82) is 0 Å². The number of nitrogens with zero attached hydrogens (tertiary/aromatic N) is 1. The van der Waals surface area contributed by atoms with Crippen molar-refractivity contribution in [3.63, 3.8) is 0 Å². The van der Waals surface area contributed by atoms with Crippen molar-refractivity contribution in [3.05, 3.63) is 41.3 Å². The third-order valence-corrected chi connectivity index (χ3v) is 4.25. The average Bonchev–Trinajstić information content (AvgIpc) is 2.82. The topological polar surface area (TPSA) is 64.4 Å². The summed E-state index contributed by atoms with van der Waals surface area (Å²) in [5.41, 5.74) is 1.79. The quantitative estimate of drug-likeness (QED) is 0.829. The zero-order chi connectivity index (χ0) is 16.1. The number of benzene rings is 1. The van der Waals surface area contributed by atoms with Gasteiger partial charge in [-0.2, -0.15) is 0 Å². The molecule has 0 fully saturated rings. The molecule has 1 amide bonds. The lowest BCUT2D eigenvalue weighted by Gasteiger charge is -2.12. The minimum Gasteiger partial charge on any atom is -0.496 e. The normalized spacial score (nSPS) is 12.0. The molecule has 0 saturated carbocycles. The van der Waals surface area contributed by atoms with Crippen molar-refractivity contribution < 1.29 is 13.9 Å². The number of aromatic nitrogens is 1. The van der Waals surface area contributed by atoms with Gasteiger partial charge in [-0.05, 0) is 26.8 Å². The van der Waals surface area contributed by atoms with Crippen LogP contribution < -0.4 is 10.1 Å². The van der Waals surface area contributed by atoms with Crippen LogP contribution in [0.15, 0.2) is 33.9 Å². The number of thioether (sulfide) groups is 1. The van der Waals surface area contributed by atoms with Gasteiger partial charge >= 0.3 is 0 Å². The van der Waals surface area contributed by atoms with Crippen LogP contribution in [0.1, 0.15) is 23.9 Å². The Kier molecular flexibility index (Phi) is 5.49. The van der Waals surface area contributed by atoms with E-state index in [0.717, 1.165) is 22.8 Å². The van der Waals surface area contributed by atoms with Crippen LogP contribution in [-0.2, 0) is 11.3 Å². The highest BCUT2D eigenvalue weighted by Crippen LogP contribution is 2.25. The molecular formula is C16H20N2O3S. The van der Waals surface area contributed by atoms with Gasteiger partial charge in [0.25, 0.3) is 5.22 Å². The van der Waals surface area contributed by atoms with E-state index in [1.54, 1.807) is 7.11 Å². The highest BCUT2D eigenvalue weighted by atomic mass is 32.2. The minimum atomic E-state index is -0.285. The largest absolute Gasteiger partial charge is 0.496 e. The Morgan fingerprint density at radius 1 is 1.41 bits per heavy atom. The number of oxazole rings is 1. The Morgan fingerprint density at radius 2 is 2.14 bits per heavy atom. The van der Waals surface area contributed by atoms with Gasteiger partial charge in [0.2, 0.25) is 5.91 Å². The Hall–Kier alpha value is -1.95. The van der Waals surface area contributed by atoms with E-state index in [9.17, 15) is 4.79 Å². The fourth-order valence-electron chi connectivity index (χ4n) is 1.87. The van der Waals surface area contributed by atoms with Crippen LogP contribution in [0.25, 0.3) is 0 Å². The second kappa shape index (κ2) is 7.35. The molecular weight excluding hydrogens is 300 g/mol. The number of rotatable bonds is 6. The smallest absolute Gasteiger partial charge is 0.256 e. The van der Waals surface area contributed by atoms with E-state index in [-0.39, 0.29) is 11.2 Å². The van der Waals surface area contributed by atoms with Crippen LogP contribution in [0.5, 0.6) is 5.75 Å². The second-order valence-electron chi connectivity index (χ2n) is 4.91. The van der Waals surface area contributed by atoms with Gasteiger partial charge in [-0.25, -0.2) is 4.98 Å². The van der Waals surface area contributed by atoms with Gasteiger partial charge in [-0.15, -0.1) is 0 Å². The number of amides is 1. The lowest BCUT2D eigenvalue weighted by molar-refractivity contribution is -0.120. The van der Waals surface area contributed by atoms with Gasteiger partial charge in [0.1, 0.15) is 11.5 Å². The van der Waals surface area contributed by atoms with E-state index >= 15 is 0 Å². The molecule has 1 N–H and O–H groups in total. The Balaban J connectivity index is 1.91. The predicted molar refractivity (Wildman–Crippen MR) is 86.1 cm³/mol. The highest BCUT2D eigenvalue weighted by molar-refractivity contribution is 8.00. The maximum Gasteiger partial charge on any atom is 0.256 e. The first-order chi connectivity index (χ1) is 10.5. The van der Waals surface area contributed by atoms with Crippen LogP contribution in [0.2, 0.25) is 0 Å². The van der Waals surface area contributed by atoms with Crippen LogP contribution in [-0.4, -0.2) is 23.3 Å². The molecule has 0 aliphatic heterocycles. The van der Waals surface area contributed by atoms with E-state index < -0.39 is 0 Å². The van der Waals surface area contributed by atoms with Crippen molar-refractivity contribution in [2.45, 2.75) is 37.8 Å². The summed E-state index contributed by atoms with van der Waals surface area (Å²) in [5.74, 6) is 1.48. The van der Waals surface area contributed by atoms with Gasteiger partial charge in [0.15, 0.2) is 0 Å². The predicted octanol–water partition coefficient (Wildman–Crippen LogP) is 3.10. The molecule has 0 saturated heterocycles. The third kappa shape index (κ3) is 4.04. The van der Waals surface area contributed by atoms with E-state index in [1.165, 1.54) is 11.8 Å². The molecule has 1 atom stereocenters. The third-order valence-electron chi connectivity index (χ3n) is 3.30. The summed E-state index contributed by atoms with van der Waals surface area (Å²) in [6, 6.07) is 7.62. The molecule has 0 spiro atoms. The summed E-state index contributed by atoms with van der Waals surface area (Å²) in [6.07, 6.45) is 0. The highest BCUT2D eigenvalue weighted by Gasteiger charge is 2.18. The molecule has 0 radical (unpaired) electrons. The molecule has 1 aromatic heterocycles. The monoisotopic (exact) mass is 320 g/mol. The molecule has 0 aliphatic rings. The first kappa shape index (κ1) is 16.4. The van der Waals surface area contributed by atoms with Gasteiger partial charge in [-0.1, -0.05) is 30.0 Å². The van der Waals surface area contributed by atoms with Crippen LogP contribution in [0.3, 0.4) is 0 Å². The van der Waals surface area contributed by atoms with E-state index in [2.05, 4.69) is 10.3 Å². The van der Waals surface area contributed by atoms with E-state index in [4.69, 9.17) is 9.15 Å². The zero-order valence-electron chi connectivity index (χ0n) is 13.2. The summed E-state index contributed by atoms with van der Waals surface area (Å²) in [6.45, 7) is 6.00. The fourth-order valence-corrected chi connectivity index (χ4v) is 2.73. The van der Waals surface area contributed by atoms with Gasteiger partial charge < -0.3 is 14.5 Å². The van der Waals surface area contributed by atoms with E-state index in [1.807, 2.05) is 45.0 Å². The lowest BCUT2D eigenvalue weighted by Crippen LogP contribution is -2.30. The SMILES string of the molecule is COc1ccccc1CNC(=O)C(C)Sc1nc(C)c(C)o1. The Labute approximate surface area is 134 Å². The minimum absolute atomic E-state index is 0.0654. The molecule has 5 nitrogen and oxygen atoms in total. The number of hydrogen-bond donors (Lipinski definition) is 1. The molecule has 2 rings (SSSR count). The van der Waals surface area contributed by atoms with Crippen LogP contribution in [0.4, 0.5) is 0 Å². The maximum atomic E-state index is 12.2. The van der Waals surface area contributed by atoms with Crippen molar-refractivity contribution in [2.75, 3.05) is 7.11 Å². The van der Waals surface area contributed by atoms with Crippen LogP contribution in [0, 0.1) is 13.8 Å². The number of carbonyl (C=O) groups excluding carboxylic acids is 1. The number of hydrogen-bond acceptors (Lipinski definition) is 5. The number of ether oxygens (including phenoxy) is 1. The molecule has 0 aliphatic carbocycles. The number of carbonyl (C=O) groups is 1. The molecule has 1 heterocycles. The molecule has 6 heteroatoms. The molecule has 1 unspecified atom stereocenters. The molecule has 22 heavy (non-hydrogen) atoms. The zero-order valence-corrected chi connectivity index (χ0v) is 14.0. The standard InChI is InChI=1S/C16H20N2O3S/c1-10-11(2)21-16(18-10)22-12(3)15(19)17-9-13-7-5-6-8-14(13)20-4/h5-8,12H,9H2,1-4H3,(H,17,19). The summed E-state index contributed by atoms with van der Waals surface area (Å²) in [5, 5.41) is 3.14. The van der Waals surface area contributed by atoms with Crippen molar-refractivity contribution in [2.24, 2.45) is 0 Å². The number of nitrogens with one attached hydrogen (secondary N) is 1. The Bertz CT molecular complexity index is 635. The first-order valence-corrected chi connectivity index (χ1v) is 7.89. The molecule has 0 bridgehead atoms.